The molecule has 0 radical (unpaired) electrons. The lowest BCUT2D eigenvalue weighted by Crippen LogP contribution is -2.39. The van der Waals surface area contributed by atoms with E-state index in [-0.39, 0.29) is 23.9 Å². The Hall–Kier alpha value is -2.43. The van der Waals surface area contributed by atoms with Gasteiger partial charge >= 0.3 is 5.97 Å². The van der Waals surface area contributed by atoms with Crippen LogP contribution in [0.25, 0.3) is 0 Å². The zero-order valence-electron chi connectivity index (χ0n) is 14.4. The Bertz CT molecular complexity index is 663. The molecule has 1 heterocycles. The molecule has 2 rings (SSSR count). The molecule has 1 atom stereocenters. The molecule has 5 heteroatoms. The van der Waals surface area contributed by atoms with Crippen LogP contribution in [0.2, 0.25) is 0 Å². The number of ether oxygens (including phenoxy) is 1. The molecule has 0 aromatic heterocycles. The first-order valence-corrected chi connectivity index (χ1v) is 8.29. The van der Waals surface area contributed by atoms with E-state index < -0.39 is 12.0 Å². The van der Waals surface area contributed by atoms with Crippen molar-refractivity contribution in [3.63, 3.8) is 0 Å². The van der Waals surface area contributed by atoms with Crippen LogP contribution in [0.4, 0.5) is 0 Å². The van der Waals surface area contributed by atoms with E-state index in [1.54, 1.807) is 6.92 Å². The third-order valence-electron chi connectivity index (χ3n) is 4.02. The van der Waals surface area contributed by atoms with Crippen molar-refractivity contribution in [3.8, 4) is 0 Å². The maximum atomic E-state index is 12.9. The van der Waals surface area contributed by atoms with E-state index in [4.69, 9.17) is 4.74 Å². The van der Waals surface area contributed by atoms with Gasteiger partial charge in [0.25, 0.3) is 0 Å². The third kappa shape index (κ3) is 3.55. The van der Waals surface area contributed by atoms with E-state index in [0.29, 0.717) is 18.5 Å². The van der Waals surface area contributed by atoms with E-state index in [0.717, 1.165) is 12.0 Å². The minimum atomic E-state index is -0.675. The molecule has 1 aromatic carbocycles. The highest BCUT2D eigenvalue weighted by Gasteiger charge is 2.44. The Morgan fingerprint density at radius 3 is 2.38 bits per heavy atom. The molecule has 1 amide bonds. The number of nitrogens with zero attached hydrogens (tertiary/aromatic N) is 1. The first-order valence-electron chi connectivity index (χ1n) is 8.29. The number of rotatable bonds is 6. The zero-order valence-corrected chi connectivity index (χ0v) is 14.4. The quantitative estimate of drug-likeness (QED) is 0.594. The standard InChI is InChI=1S/C19H23NO4/c1-4-9-15-17(19(23)24-5-2)18(22)16(20(15)13(3)21)12-14-10-7-6-8-11-14/h6-8,10-11,16H,4-5,9,12H2,1-3H3/t16-/m0/s1. The fourth-order valence-corrected chi connectivity index (χ4v) is 3.07. The first-order chi connectivity index (χ1) is 11.5. The van der Waals surface area contributed by atoms with Crippen molar-refractivity contribution in [2.75, 3.05) is 6.61 Å². The molecular formula is C19H23NO4. The number of allylic oxidation sites excluding steroid dienone is 1. The summed E-state index contributed by atoms with van der Waals surface area (Å²) in [7, 11) is 0. The Balaban J connectivity index is 2.41. The van der Waals surface area contributed by atoms with E-state index in [1.165, 1.54) is 11.8 Å². The van der Waals surface area contributed by atoms with Gasteiger partial charge in [-0.05, 0) is 18.9 Å². The molecule has 0 N–H and O–H groups in total. The molecule has 0 saturated heterocycles. The molecule has 0 spiro atoms. The normalized spacial score (nSPS) is 17.4. The summed E-state index contributed by atoms with van der Waals surface area (Å²) in [5, 5.41) is 0. The van der Waals surface area contributed by atoms with Gasteiger partial charge in [0.1, 0.15) is 11.6 Å². The average molecular weight is 329 g/mol. The minimum Gasteiger partial charge on any atom is -0.462 e. The number of benzene rings is 1. The van der Waals surface area contributed by atoms with Gasteiger partial charge in [0.15, 0.2) is 5.78 Å². The maximum absolute atomic E-state index is 12.9. The van der Waals surface area contributed by atoms with Gasteiger partial charge in [-0.15, -0.1) is 0 Å². The second-order valence-corrected chi connectivity index (χ2v) is 5.75. The Morgan fingerprint density at radius 1 is 1.17 bits per heavy atom. The number of carbonyl (C=O) groups is 3. The van der Waals surface area contributed by atoms with Crippen LogP contribution in [0.5, 0.6) is 0 Å². The van der Waals surface area contributed by atoms with Crippen LogP contribution >= 0.6 is 0 Å². The van der Waals surface area contributed by atoms with Crippen LogP contribution in [0.1, 0.15) is 39.2 Å². The monoisotopic (exact) mass is 329 g/mol. The highest BCUT2D eigenvalue weighted by molar-refractivity contribution is 6.22. The molecule has 0 fully saturated rings. The lowest BCUT2D eigenvalue weighted by Gasteiger charge is -2.25. The molecule has 24 heavy (non-hydrogen) atoms. The second-order valence-electron chi connectivity index (χ2n) is 5.75. The van der Waals surface area contributed by atoms with Gasteiger partial charge in [0.2, 0.25) is 5.91 Å². The zero-order chi connectivity index (χ0) is 17.7. The Labute approximate surface area is 142 Å². The summed E-state index contributed by atoms with van der Waals surface area (Å²) in [6.07, 6.45) is 1.60. The van der Waals surface area contributed by atoms with Crippen LogP contribution in [0.3, 0.4) is 0 Å². The summed E-state index contributed by atoms with van der Waals surface area (Å²) in [6, 6.07) is 8.82. The lowest BCUT2D eigenvalue weighted by molar-refractivity contribution is -0.140. The smallest absolute Gasteiger partial charge is 0.343 e. The maximum Gasteiger partial charge on any atom is 0.343 e. The van der Waals surface area contributed by atoms with Gasteiger partial charge in [-0.1, -0.05) is 43.7 Å². The van der Waals surface area contributed by atoms with Crippen molar-refractivity contribution in [2.24, 2.45) is 0 Å². The van der Waals surface area contributed by atoms with Gasteiger partial charge in [0.05, 0.1) is 6.61 Å². The second kappa shape index (κ2) is 7.90. The molecule has 0 aliphatic carbocycles. The first kappa shape index (κ1) is 17.9. The van der Waals surface area contributed by atoms with Crippen molar-refractivity contribution in [1.82, 2.24) is 4.90 Å². The van der Waals surface area contributed by atoms with Crippen LogP contribution in [-0.4, -0.2) is 35.2 Å². The topological polar surface area (TPSA) is 63.7 Å². The summed E-state index contributed by atoms with van der Waals surface area (Å²) < 4.78 is 5.04. The largest absolute Gasteiger partial charge is 0.462 e. The van der Waals surface area contributed by atoms with Gasteiger partial charge in [-0.25, -0.2) is 4.79 Å². The molecule has 1 aliphatic heterocycles. The fraction of sp³-hybridized carbons (Fsp3) is 0.421. The van der Waals surface area contributed by atoms with E-state index in [9.17, 15) is 14.4 Å². The molecule has 1 aromatic rings. The number of hydrogen-bond donors (Lipinski definition) is 0. The van der Waals surface area contributed by atoms with E-state index >= 15 is 0 Å². The Kier molecular flexibility index (Phi) is 5.90. The number of carbonyl (C=O) groups excluding carboxylic acids is 3. The predicted molar refractivity (Wildman–Crippen MR) is 90.0 cm³/mol. The fourth-order valence-electron chi connectivity index (χ4n) is 3.07. The van der Waals surface area contributed by atoms with Gasteiger partial charge < -0.3 is 9.64 Å². The summed E-state index contributed by atoms with van der Waals surface area (Å²) in [4.78, 5) is 38.8. The van der Waals surface area contributed by atoms with Crippen molar-refractivity contribution in [3.05, 3.63) is 47.2 Å². The van der Waals surface area contributed by atoms with Crippen molar-refractivity contribution >= 4 is 17.7 Å². The van der Waals surface area contributed by atoms with Crippen molar-refractivity contribution in [1.29, 1.82) is 0 Å². The van der Waals surface area contributed by atoms with E-state index in [1.807, 2.05) is 37.3 Å². The van der Waals surface area contributed by atoms with Gasteiger partial charge in [-0.2, -0.15) is 0 Å². The molecule has 0 saturated carbocycles. The molecule has 0 bridgehead atoms. The average Bonchev–Trinajstić information content (AvgIpc) is 2.81. The number of ketones is 1. The number of esters is 1. The van der Waals surface area contributed by atoms with Crippen LogP contribution < -0.4 is 0 Å². The van der Waals surface area contributed by atoms with Crippen molar-refractivity contribution < 1.29 is 19.1 Å². The van der Waals surface area contributed by atoms with Crippen LogP contribution in [0.15, 0.2) is 41.6 Å². The molecule has 1 aliphatic rings. The minimum absolute atomic E-state index is 0.0369. The van der Waals surface area contributed by atoms with Gasteiger partial charge in [0, 0.05) is 19.0 Å². The van der Waals surface area contributed by atoms with Gasteiger partial charge in [-0.3, -0.25) is 9.59 Å². The number of hydrogen-bond acceptors (Lipinski definition) is 4. The number of Topliss-reactive ketones (excluding diaryl/α,β-unsaturated/α-hetero) is 1. The predicted octanol–water partition coefficient (Wildman–Crippen LogP) is 2.65. The van der Waals surface area contributed by atoms with Crippen molar-refractivity contribution in [2.45, 2.75) is 46.1 Å². The van der Waals surface area contributed by atoms with E-state index in [2.05, 4.69) is 0 Å². The number of amides is 1. The SMILES string of the molecule is CCCC1=C(C(=O)OCC)C(=O)[C@H](Cc2ccccc2)N1C(C)=O. The summed E-state index contributed by atoms with van der Waals surface area (Å²) in [5.41, 5.74) is 1.48. The lowest BCUT2D eigenvalue weighted by atomic mass is 10.00. The Morgan fingerprint density at radius 2 is 1.83 bits per heavy atom. The molecular weight excluding hydrogens is 306 g/mol. The summed E-state index contributed by atoms with van der Waals surface area (Å²) in [5.74, 6) is -1.18. The molecule has 128 valence electrons. The summed E-state index contributed by atoms with van der Waals surface area (Å²) >= 11 is 0. The van der Waals surface area contributed by atoms with Crippen LogP contribution in [-0.2, 0) is 25.5 Å². The highest BCUT2D eigenvalue weighted by atomic mass is 16.5. The summed E-state index contributed by atoms with van der Waals surface area (Å²) in [6.45, 7) is 5.26. The van der Waals surface area contributed by atoms with Crippen LogP contribution in [0, 0.1) is 0 Å². The molecule has 0 unspecified atom stereocenters. The third-order valence-corrected chi connectivity index (χ3v) is 4.02. The highest BCUT2D eigenvalue weighted by Crippen LogP contribution is 2.32. The molecule has 5 nitrogen and oxygen atoms in total.